The first-order chi connectivity index (χ1) is 28.9. The molecule has 4 nitrogen and oxygen atoms in total. The van der Waals surface area contributed by atoms with E-state index >= 15 is 0 Å². The topological polar surface area (TPSA) is 38.8 Å². The molecule has 0 aliphatic carbocycles. The molecule has 59 heavy (non-hydrogen) atoms. The van der Waals surface area contributed by atoms with Crippen LogP contribution in [0, 0.1) is 0 Å². The predicted molar refractivity (Wildman–Crippen MR) is 283 cm³/mol. The minimum Gasteiger partial charge on any atom is -0.465 e. The van der Waals surface area contributed by atoms with Crippen molar-refractivity contribution in [1.82, 2.24) is 4.90 Å². The molecule has 0 saturated carbocycles. The Bertz CT molecular complexity index is 1070. The quantitative estimate of drug-likeness (QED) is 0.0357. The number of carbonyl (C=O) groups excluding carboxylic acids is 1. The number of benzene rings is 1. The number of esters is 1. The van der Waals surface area contributed by atoms with Gasteiger partial charge in [-0.1, -0.05) is 174 Å². The zero-order valence-electron chi connectivity index (χ0n) is 38.9. The summed E-state index contributed by atoms with van der Waals surface area (Å²) >= 11 is 14.1. The fourth-order valence-electron chi connectivity index (χ4n) is 6.89. The molecule has 346 valence electrons. The molecule has 0 saturated heterocycles. The van der Waals surface area contributed by atoms with Gasteiger partial charge in [-0.15, -0.1) is 70.6 Å². The van der Waals surface area contributed by atoms with E-state index in [2.05, 4.69) is 123 Å². The van der Waals surface area contributed by atoms with Gasteiger partial charge in [-0.3, -0.25) is 4.79 Å². The first-order valence-corrected chi connectivity index (χ1v) is 31.1. The standard InChI is InChI=1S/C48H89NO3S7/c1-8-14-16-18-20-21-22-23-24-25-26-27-29-34-39-56-48(58-41-44-35-31-30-32-36-44,59-43-46(53-7)54-38-33-28-19-17-15-9-2)47(52-13-6,57-42-45(50)51-12-5)55-40-37-49(10-3)11-4/h30-32,35-36,46H,8-29,33-34,37-43H2,1-7H3. The number of unbranched alkanes of at least 4 members (excludes halogenated alkanes) is 18. The van der Waals surface area contributed by atoms with Crippen molar-refractivity contribution >= 4 is 88.3 Å². The summed E-state index contributed by atoms with van der Waals surface area (Å²) in [6.07, 6.45) is 29.6. The Hall–Kier alpha value is 1.06. The van der Waals surface area contributed by atoms with Gasteiger partial charge < -0.3 is 14.4 Å². The molecule has 0 aliphatic rings. The third-order valence-corrected chi connectivity index (χ3v) is 23.1. The minimum absolute atomic E-state index is 0.147. The van der Waals surface area contributed by atoms with Crippen molar-refractivity contribution in [3.05, 3.63) is 35.9 Å². The number of carbonyl (C=O) groups is 1. The number of nitrogens with zero attached hydrogens (tertiary/aromatic N) is 1. The van der Waals surface area contributed by atoms with Crippen LogP contribution >= 0.6 is 82.3 Å². The molecular weight excluding hydrogens is 863 g/mol. The molecule has 0 amide bonds. The molecule has 0 N–H and O–H groups in total. The van der Waals surface area contributed by atoms with Gasteiger partial charge in [0.1, 0.15) is 0 Å². The summed E-state index contributed by atoms with van der Waals surface area (Å²) in [5.41, 5.74) is 1.34. The fourth-order valence-corrected chi connectivity index (χ4v) is 18.8. The van der Waals surface area contributed by atoms with E-state index in [1.165, 1.54) is 140 Å². The lowest BCUT2D eigenvalue weighted by atomic mass is 10.0. The van der Waals surface area contributed by atoms with Crippen LogP contribution in [0.2, 0.25) is 0 Å². The third kappa shape index (κ3) is 27.9. The largest absolute Gasteiger partial charge is 0.465 e. The summed E-state index contributed by atoms with van der Waals surface area (Å²) in [4.78, 5) is 15.7. The summed E-state index contributed by atoms with van der Waals surface area (Å²) in [5, 5.41) is 0. The van der Waals surface area contributed by atoms with Crippen LogP contribution in [0.5, 0.6) is 0 Å². The molecule has 0 heterocycles. The molecule has 3 atom stereocenters. The van der Waals surface area contributed by atoms with Crippen molar-refractivity contribution in [3.8, 4) is 0 Å². The summed E-state index contributed by atoms with van der Waals surface area (Å²) < 4.78 is 12.2. The molecule has 0 spiro atoms. The Balaban J connectivity index is 3.31. The average Bonchev–Trinajstić information content (AvgIpc) is 3.25. The van der Waals surface area contributed by atoms with Crippen molar-refractivity contribution in [2.24, 2.45) is 0 Å². The van der Waals surface area contributed by atoms with Crippen molar-refractivity contribution in [3.63, 3.8) is 0 Å². The monoisotopic (exact) mass is 951 g/mol. The molecule has 11 heteroatoms. The number of hydrogen-bond acceptors (Lipinski definition) is 11. The molecule has 0 bridgehead atoms. The lowest BCUT2D eigenvalue weighted by Gasteiger charge is -2.48. The highest BCUT2D eigenvalue weighted by molar-refractivity contribution is 8.37. The number of thioether (sulfide) groups is 7. The highest BCUT2D eigenvalue weighted by atomic mass is 32.3. The Morgan fingerprint density at radius 3 is 1.66 bits per heavy atom. The highest BCUT2D eigenvalue weighted by Gasteiger charge is 2.56. The van der Waals surface area contributed by atoms with Crippen LogP contribution in [0.4, 0.5) is 0 Å². The van der Waals surface area contributed by atoms with Crippen LogP contribution < -0.4 is 0 Å². The van der Waals surface area contributed by atoms with Crippen LogP contribution in [0.15, 0.2) is 30.3 Å². The van der Waals surface area contributed by atoms with Crippen molar-refractivity contribution in [2.45, 2.75) is 188 Å². The highest BCUT2D eigenvalue weighted by Crippen LogP contribution is 2.65. The van der Waals surface area contributed by atoms with Crippen LogP contribution in [-0.4, -0.2) is 91.0 Å². The number of hydrogen-bond donors (Lipinski definition) is 0. The molecule has 1 rings (SSSR count). The first kappa shape index (κ1) is 58.1. The van der Waals surface area contributed by atoms with Gasteiger partial charge in [-0.25, -0.2) is 0 Å². The Labute approximate surface area is 396 Å². The smallest absolute Gasteiger partial charge is 0.316 e. The second kappa shape index (κ2) is 40.6. The third-order valence-electron chi connectivity index (χ3n) is 10.5. The molecule has 0 radical (unpaired) electrons. The van der Waals surface area contributed by atoms with E-state index in [1.807, 2.05) is 30.4 Å². The SMILES string of the molecule is CCCCCCCCCCCCCCCCSC(SCc1ccccc1)(SCC(SC)SCCCCCCCC)C(OCC)(SCCN(CC)CC)SCC(=O)OCC. The molecule has 0 aromatic heterocycles. The summed E-state index contributed by atoms with van der Waals surface area (Å²) in [6, 6.07) is 11.0. The van der Waals surface area contributed by atoms with Gasteiger partial charge in [0.25, 0.3) is 0 Å². The molecule has 0 aliphatic heterocycles. The van der Waals surface area contributed by atoms with E-state index in [1.54, 1.807) is 11.8 Å². The molecule has 3 unspecified atom stereocenters. The van der Waals surface area contributed by atoms with Gasteiger partial charge in [-0.2, -0.15) is 11.8 Å². The van der Waals surface area contributed by atoms with E-state index in [0.717, 1.165) is 42.6 Å². The maximum Gasteiger partial charge on any atom is 0.316 e. The lowest BCUT2D eigenvalue weighted by molar-refractivity contribution is -0.139. The molecular formula is C48H89NO3S7. The maximum atomic E-state index is 13.2. The van der Waals surface area contributed by atoms with Gasteiger partial charge in [0.05, 0.1) is 16.9 Å². The first-order valence-electron chi connectivity index (χ1n) is 23.8. The molecule has 0 fully saturated rings. The maximum absolute atomic E-state index is 13.2. The minimum atomic E-state index is -0.653. The van der Waals surface area contributed by atoms with Gasteiger partial charge in [-0.05, 0) is 63.1 Å². The average molecular weight is 953 g/mol. The van der Waals surface area contributed by atoms with Crippen molar-refractivity contribution < 1.29 is 14.3 Å². The Kier molecular flexibility index (Phi) is 39.9. The van der Waals surface area contributed by atoms with Gasteiger partial charge in [0, 0.05) is 30.4 Å². The zero-order valence-corrected chi connectivity index (χ0v) is 44.6. The normalized spacial score (nSPS) is 14.4. The van der Waals surface area contributed by atoms with Gasteiger partial charge >= 0.3 is 5.97 Å². The van der Waals surface area contributed by atoms with E-state index in [-0.39, 0.29) is 9.38 Å². The molecule has 1 aromatic rings. The van der Waals surface area contributed by atoms with Crippen LogP contribution in [0.3, 0.4) is 0 Å². The van der Waals surface area contributed by atoms with Gasteiger partial charge in [0.15, 0.2) is 7.68 Å². The van der Waals surface area contributed by atoms with Crippen LogP contribution in [0.25, 0.3) is 0 Å². The fraction of sp³-hybridized carbons (Fsp3) is 0.854. The van der Waals surface area contributed by atoms with E-state index in [0.29, 0.717) is 23.5 Å². The molecule has 1 aromatic carbocycles. The second-order valence-electron chi connectivity index (χ2n) is 15.3. The summed E-state index contributed by atoms with van der Waals surface area (Å²) in [5.74, 6) is 5.35. The Morgan fingerprint density at radius 2 is 1.15 bits per heavy atom. The number of rotatable bonds is 44. The second-order valence-corrected chi connectivity index (χ2v) is 25.2. The summed E-state index contributed by atoms with van der Waals surface area (Å²) in [7, 11) is 0. The van der Waals surface area contributed by atoms with Crippen LogP contribution in [-0.2, 0) is 20.0 Å². The summed E-state index contributed by atoms with van der Waals surface area (Å²) in [6.45, 7) is 17.2. The van der Waals surface area contributed by atoms with Crippen molar-refractivity contribution in [1.29, 1.82) is 0 Å². The number of ether oxygens (including phenoxy) is 2. The Morgan fingerprint density at radius 1 is 0.610 bits per heavy atom. The van der Waals surface area contributed by atoms with E-state index in [4.69, 9.17) is 9.47 Å². The zero-order chi connectivity index (χ0) is 43.1. The van der Waals surface area contributed by atoms with Gasteiger partial charge in [0.2, 0.25) is 0 Å². The van der Waals surface area contributed by atoms with Crippen LogP contribution in [0.1, 0.15) is 176 Å². The predicted octanol–water partition coefficient (Wildman–Crippen LogP) is 16.4. The van der Waals surface area contributed by atoms with E-state index in [9.17, 15) is 4.79 Å². The lowest BCUT2D eigenvalue weighted by Crippen LogP contribution is -2.47. The van der Waals surface area contributed by atoms with Crippen molar-refractivity contribution in [2.75, 3.05) is 67.9 Å². The van der Waals surface area contributed by atoms with E-state index < -0.39 is 4.27 Å².